The van der Waals surface area contributed by atoms with Crippen LogP contribution in [0.2, 0.25) is 0 Å². The van der Waals surface area contributed by atoms with Gasteiger partial charge >= 0.3 is 0 Å². The van der Waals surface area contributed by atoms with Crippen molar-refractivity contribution in [3.8, 4) is 0 Å². The zero-order valence-electron chi connectivity index (χ0n) is 8.96. The fourth-order valence-electron chi connectivity index (χ4n) is 1.31. The number of carbonyl (C=O) groups is 1. The molecule has 2 nitrogen and oxygen atoms in total. The van der Waals surface area contributed by atoms with Crippen molar-refractivity contribution in [2.75, 3.05) is 5.32 Å². The summed E-state index contributed by atoms with van der Waals surface area (Å²) < 4.78 is 1.98. The highest BCUT2D eigenvalue weighted by Gasteiger charge is 2.11. The molecule has 2 rings (SSSR count). The van der Waals surface area contributed by atoms with Crippen molar-refractivity contribution in [2.45, 2.75) is 6.92 Å². The van der Waals surface area contributed by atoms with Crippen molar-refractivity contribution >= 4 is 61.5 Å². The van der Waals surface area contributed by atoms with Crippen molar-refractivity contribution < 1.29 is 4.79 Å². The average molecular weight is 422 g/mol. The van der Waals surface area contributed by atoms with E-state index in [9.17, 15) is 4.79 Å². The van der Waals surface area contributed by atoms with Gasteiger partial charge in [0.25, 0.3) is 5.91 Å². The summed E-state index contributed by atoms with van der Waals surface area (Å²) in [7, 11) is 0. The molecular formula is C12H9BrINOS. The molecule has 0 unspecified atom stereocenters. The highest BCUT2D eigenvalue weighted by Crippen LogP contribution is 2.24. The van der Waals surface area contributed by atoms with E-state index in [-0.39, 0.29) is 5.91 Å². The molecule has 5 heteroatoms. The van der Waals surface area contributed by atoms with E-state index >= 15 is 0 Å². The molecule has 0 fully saturated rings. The van der Waals surface area contributed by atoms with Crippen LogP contribution >= 0.6 is 49.9 Å². The summed E-state index contributed by atoms with van der Waals surface area (Å²) in [5.41, 5.74) is 2.03. The third-order valence-corrected chi connectivity index (χ3v) is 5.25. The Kier molecular flexibility index (Phi) is 4.22. The molecule has 0 saturated carbocycles. The van der Waals surface area contributed by atoms with Gasteiger partial charge in [-0.15, -0.1) is 11.3 Å². The molecular weight excluding hydrogens is 413 g/mol. The summed E-state index contributed by atoms with van der Waals surface area (Å²) in [6.07, 6.45) is 0. The van der Waals surface area contributed by atoms with Gasteiger partial charge in [0, 0.05) is 13.7 Å². The standard InChI is InChI=1S/C12H9BrINOS/c1-7-2-3-8(6-10(7)14)15-12(16)11-9(13)4-5-17-11/h2-6H,1H3,(H,15,16). The Labute approximate surface area is 126 Å². The van der Waals surface area contributed by atoms with Crippen LogP contribution in [0.25, 0.3) is 0 Å². The summed E-state index contributed by atoms with van der Waals surface area (Å²) in [6, 6.07) is 7.76. The molecule has 1 aromatic carbocycles. The second kappa shape index (κ2) is 5.49. The SMILES string of the molecule is Cc1ccc(NC(=O)c2sccc2Br)cc1I. The Morgan fingerprint density at radius 3 is 2.76 bits per heavy atom. The minimum atomic E-state index is -0.0773. The van der Waals surface area contributed by atoms with E-state index in [0.29, 0.717) is 4.88 Å². The quantitative estimate of drug-likeness (QED) is 0.701. The molecule has 0 aliphatic heterocycles. The highest BCUT2D eigenvalue weighted by atomic mass is 127. The normalized spacial score (nSPS) is 10.3. The van der Waals surface area contributed by atoms with E-state index in [1.165, 1.54) is 16.9 Å². The number of halogens is 2. The first-order chi connectivity index (χ1) is 8.08. The third-order valence-electron chi connectivity index (χ3n) is 2.25. The molecule has 88 valence electrons. The number of rotatable bonds is 2. The predicted molar refractivity (Wildman–Crippen MR) is 83.9 cm³/mol. The Morgan fingerprint density at radius 1 is 1.41 bits per heavy atom. The van der Waals surface area contributed by atoms with Crippen LogP contribution in [0.3, 0.4) is 0 Å². The van der Waals surface area contributed by atoms with Crippen molar-refractivity contribution in [3.05, 3.63) is 48.1 Å². The molecule has 1 heterocycles. The summed E-state index contributed by atoms with van der Waals surface area (Å²) in [4.78, 5) is 12.7. The second-order valence-electron chi connectivity index (χ2n) is 3.52. The van der Waals surface area contributed by atoms with Crippen molar-refractivity contribution in [3.63, 3.8) is 0 Å². The van der Waals surface area contributed by atoms with E-state index in [2.05, 4.69) is 43.8 Å². The number of thiophene rings is 1. The zero-order valence-corrected chi connectivity index (χ0v) is 13.5. The van der Waals surface area contributed by atoms with Gasteiger partial charge in [-0.1, -0.05) is 6.07 Å². The van der Waals surface area contributed by atoms with Gasteiger partial charge in [0.2, 0.25) is 0 Å². The zero-order chi connectivity index (χ0) is 12.4. The summed E-state index contributed by atoms with van der Waals surface area (Å²) in [6.45, 7) is 2.04. The molecule has 17 heavy (non-hydrogen) atoms. The molecule has 1 amide bonds. The molecule has 2 aromatic rings. The molecule has 0 atom stereocenters. The van der Waals surface area contributed by atoms with Crippen LogP contribution in [0.15, 0.2) is 34.1 Å². The molecule has 1 N–H and O–H groups in total. The molecule has 0 aliphatic rings. The van der Waals surface area contributed by atoms with Crippen LogP contribution in [0.4, 0.5) is 5.69 Å². The number of amides is 1. The van der Waals surface area contributed by atoms with E-state index in [1.807, 2.05) is 36.6 Å². The molecule has 0 spiro atoms. The Hall–Kier alpha value is -0.400. The number of hydrogen-bond acceptors (Lipinski definition) is 2. The number of benzene rings is 1. The maximum Gasteiger partial charge on any atom is 0.266 e. The minimum absolute atomic E-state index is 0.0773. The first kappa shape index (κ1) is 13.0. The smallest absolute Gasteiger partial charge is 0.266 e. The lowest BCUT2D eigenvalue weighted by atomic mass is 10.2. The van der Waals surface area contributed by atoms with E-state index in [0.717, 1.165) is 13.7 Å². The third kappa shape index (κ3) is 3.08. The molecule has 0 bridgehead atoms. The van der Waals surface area contributed by atoms with Crippen LogP contribution in [0.1, 0.15) is 15.2 Å². The van der Waals surface area contributed by atoms with Gasteiger partial charge in [-0.2, -0.15) is 0 Å². The van der Waals surface area contributed by atoms with Gasteiger partial charge in [0.1, 0.15) is 4.88 Å². The Bertz CT molecular complexity index is 567. The van der Waals surface area contributed by atoms with Crippen LogP contribution < -0.4 is 5.32 Å². The number of anilines is 1. The van der Waals surface area contributed by atoms with Crippen molar-refractivity contribution in [1.29, 1.82) is 0 Å². The molecule has 0 radical (unpaired) electrons. The number of hydrogen-bond donors (Lipinski definition) is 1. The lowest BCUT2D eigenvalue weighted by Gasteiger charge is -2.06. The largest absolute Gasteiger partial charge is 0.321 e. The maximum atomic E-state index is 12.0. The monoisotopic (exact) mass is 421 g/mol. The number of carbonyl (C=O) groups excluding carboxylic acids is 1. The van der Waals surface area contributed by atoms with Gasteiger partial charge in [-0.25, -0.2) is 0 Å². The second-order valence-corrected chi connectivity index (χ2v) is 6.45. The van der Waals surface area contributed by atoms with Crippen LogP contribution in [0.5, 0.6) is 0 Å². The number of aryl methyl sites for hydroxylation is 1. The lowest BCUT2D eigenvalue weighted by Crippen LogP contribution is -2.10. The lowest BCUT2D eigenvalue weighted by molar-refractivity contribution is 0.103. The first-order valence-electron chi connectivity index (χ1n) is 4.88. The number of nitrogens with one attached hydrogen (secondary N) is 1. The fourth-order valence-corrected chi connectivity index (χ4v) is 3.28. The van der Waals surface area contributed by atoms with Gasteiger partial charge in [0.05, 0.1) is 0 Å². The van der Waals surface area contributed by atoms with E-state index in [4.69, 9.17) is 0 Å². The molecule has 1 aromatic heterocycles. The predicted octanol–water partition coefficient (Wildman–Crippen LogP) is 4.68. The van der Waals surface area contributed by atoms with Gasteiger partial charge in [-0.05, 0) is 74.6 Å². The Morgan fingerprint density at radius 2 is 2.18 bits per heavy atom. The van der Waals surface area contributed by atoms with Crippen LogP contribution in [-0.4, -0.2) is 5.91 Å². The molecule has 0 saturated heterocycles. The van der Waals surface area contributed by atoms with Crippen molar-refractivity contribution in [1.82, 2.24) is 0 Å². The average Bonchev–Trinajstić information content (AvgIpc) is 2.70. The topological polar surface area (TPSA) is 29.1 Å². The fraction of sp³-hybridized carbons (Fsp3) is 0.0833. The maximum absolute atomic E-state index is 12.0. The highest BCUT2D eigenvalue weighted by molar-refractivity contribution is 14.1. The van der Waals surface area contributed by atoms with Crippen LogP contribution in [-0.2, 0) is 0 Å². The minimum Gasteiger partial charge on any atom is -0.321 e. The summed E-state index contributed by atoms with van der Waals surface area (Å²) in [5, 5.41) is 4.78. The Balaban J connectivity index is 2.19. The van der Waals surface area contributed by atoms with E-state index in [1.54, 1.807) is 0 Å². The molecule has 0 aliphatic carbocycles. The van der Waals surface area contributed by atoms with Crippen LogP contribution in [0, 0.1) is 10.5 Å². The van der Waals surface area contributed by atoms with Gasteiger partial charge in [-0.3, -0.25) is 4.79 Å². The van der Waals surface area contributed by atoms with Gasteiger partial charge in [0.15, 0.2) is 0 Å². The summed E-state index contributed by atoms with van der Waals surface area (Å²) >= 11 is 7.04. The summed E-state index contributed by atoms with van der Waals surface area (Å²) in [5.74, 6) is -0.0773. The van der Waals surface area contributed by atoms with Gasteiger partial charge < -0.3 is 5.32 Å². The van der Waals surface area contributed by atoms with E-state index < -0.39 is 0 Å². The first-order valence-corrected chi connectivity index (χ1v) is 7.63. The van der Waals surface area contributed by atoms with Crippen molar-refractivity contribution in [2.24, 2.45) is 0 Å².